The van der Waals surface area contributed by atoms with Gasteiger partial charge in [0.1, 0.15) is 12.2 Å². The standard InChI is InChI=1S/2C36H70O4.Ca/c2*1-3-5-7-9-11-12-13-14-15-16-17-18-20-25-29-33-36(39)40-34(30-26-22-19-10-8-6-4-2)31-27-23-21-24-28-32-35(37)38;/h2*34H,3-33H2,1-2H3,(H,37,38);/q;;+2/p-2. The van der Waals surface area contributed by atoms with Gasteiger partial charge in [0.15, 0.2) is 0 Å². The van der Waals surface area contributed by atoms with Crippen LogP contribution in [0.1, 0.15) is 426 Å². The van der Waals surface area contributed by atoms with Gasteiger partial charge in [0.25, 0.3) is 0 Å². The average Bonchev–Trinajstić information content (AvgIpc) is 3.43. The molecule has 0 aromatic rings. The Morgan fingerprint density at radius 3 is 0.556 bits per heavy atom. The molecule has 0 aliphatic carbocycles. The van der Waals surface area contributed by atoms with E-state index in [1.807, 2.05) is 0 Å². The third-order valence-electron chi connectivity index (χ3n) is 16.6. The van der Waals surface area contributed by atoms with Gasteiger partial charge in [-0.05, 0) is 89.9 Å². The van der Waals surface area contributed by atoms with E-state index in [0.717, 1.165) is 116 Å². The Bertz CT molecular complexity index is 1170. The second kappa shape index (κ2) is 73.4. The number of carbonyl (C=O) groups excluding carboxylic acids is 4. The molecule has 81 heavy (non-hydrogen) atoms. The normalized spacial score (nSPS) is 11.9. The molecule has 0 saturated carbocycles. The van der Waals surface area contributed by atoms with E-state index < -0.39 is 11.9 Å². The van der Waals surface area contributed by atoms with E-state index in [0.29, 0.717) is 25.7 Å². The van der Waals surface area contributed by atoms with Gasteiger partial charge >= 0.3 is 49.7 Å². The van der Waals surface area contributed by atoms with E-state index in [1.165, 1.54) is 244 Å². The molecule has 0 N–H and O–H groups in total. The maximum Gasteiger partial charge on any atom is 2.00 e. The first-order valence-corrected chi connectivity index (χ1v) is 36.0. The van der Waals surface area contributed by atoms with E-state index in [1.54, 1.807) is 0 Å². The fourth-order valence-corrected chi connectivity index (χ4v) is 11.3. The van der Waals surface area contributed by atoms with Crippen LogP contribution in [-0.4, -0.2) is 73.8 Å². The van der Waals surface area contributed by atoms with E-state index >= 15 is 0 Å². The first-order chi connectivity index (χ1) is 39.2. The predicted octanol–water partition coefficient (Wildman–Crippen LogP) is 21.2. The van der Waals surface area contributed by atoms with Crippen molar-refractivity contribution in [1.29, 1.82) is 0 Å². The van der Waals surface area contributed by atoms with Gasteiger partial charge in [0.05, 0.1) is 0 Å². The molecular weight excluding hydrogens is 1030 g/mol. The molecule has 8 nitrogen and oxygen atoms in total. The van der Waals surface area contributed by atoms with Crippen LogP contribution in [0.2, 0.25) is 0 Å². The second-order valence-corrected chi connectivity index (χ2v) is 24.8. The molecule has 476 valence electrons. The fourth-order valence-electron chi connectivity index (χ4n) is 11.3. The van der Waals surface area contributed by atoms with Crippen molar-refractivity contribution in [3.05, 3.63) is 0 Å². The number of unbranched alkanes of at least 4 members (excludes halogenated alkanes) is 48. The Morgan fingerprint density at radius 1 is 0.235 bits per heavy atom. The van der Waals surface area contributed by atoms with Crippen LogP contribution < -0.4 is 10.2 Å². The summed E-state index contributed by atoms with van der Waals surface area (Å²) in [6.07, 6.45) is 73.0. The van der Waals surface area contributed by atoms with Gasteiger partial charge in [-0.15, -0.1) is 0 Å². The van der Waals surface area contributed by atoms with Gasteiger partial charge in [-0.1, -0.05) is 323 Å². The molecule has 9 heteroatoms. The Labute approximate surface area is 534 Å². The SMILES string of the molecule is CCCCCCCCCCCCCCCCCC(=O)OC(CCCCCCCCC)CCCCCCCC(=O)[O-].CCCCCCCCCCCCCCCCCC(=O)OC(CCCCCCCCC)CCCCCCCC(=O)[O-].[Ca+2]. The first kappa shape index (κ1) is 84.3. The molecule has 0 bridgehead atoms. The zero-order valence-corrected chi connectivity index (χ0v) is 57.2. The summed E-state index contributed by atoms with van der Waals surface area (Å²) in [7, 11) is 0. The van der Waals surface area contributed by atoms with Crippen LogP contribution in [0.4, 0.5) is 0 Å². The van der Waals surface area contributed by atoms with Gasteiger partial charge in [-0.3, -0.25) is 9.59 Å². The molecule has 0 rings (SSSR count). The number of hydrogen-bond donors (Lipinski definition) is 0. The number of rotatable bonds is 66. The summed E-state index contributed by atoms with van der Waals surface area (Å²) < 4.78 is 11.9. The maximum atomic E-state index is 12.5. The number of ether oxygens (including phenoxy) is 2. The zero-order chi connectivity index (χ0) is 58.7. The van der Waals surface area contributed by atoms with Crippen molar-refractivity contribution in [3.8, 4) is 0 Å². The molecular formula is C72H138CaO8. The summed E-state index contributed by atoms with van der Waals surface area (Å²) in [5.41, 5.74) is 0. The number of hydrogen-bond acceptors (Lipinski definition) is 8. The molecule has 2 unspecified atom stereocenters. The minimum absolute atomic E-state index is 0. The van der Waals surface area contributed by atoms with Crippen molar-refractivity contribution >= 4 is 61.6 Å². The van der Waals surface area contributed by atoms with Crippen molar-refractivity contribution in [2.75, 3.05) is 0 Å². The number of aliphatic carboxylic acids is 2. The Morgan fingerprint density at radius 2 is 0.383 bits per heavy atom. The van der Waals surface area contributed by atoms with Gasteiger partial charge in [0.2, 0.25) is 0 Å². The summed E-state index contributed by atoms with van der Waals surface area (Å²) >= 11 is 0. The fraction of sp³-hybridized carbons (Fsp3) is 0.944. The van der Waals surface area contributed by atoms with Crippen LogP contribution in [0, 0.1) is 0 Å². The first-order valence-electron chi connectivity index (χ1n) is 36.0. The van der Waals surface area contributed by atoms with Crippen LogP contribution >= 0.6 is 0 Å². The van der Waals surface area contributed by atoms with E-state index in [4.69, 9.17) is 9.47 Å². The van der Waals surface area contributed by atoms with Crippen LogP contribution in [0.3, 0.4) is 0 Å². The summed E-state index contributed by atoms with van der Waals surface area (Å²) in [5, 5.41) is 21.1. The largest absolute Gasteiger partial charge is 2.00 e. The third-order valence-corrected chi connectivity index (χ3v) is 16.6. The Balaban J connectivity index is -0.00000148. The number of carboxylic acid groups (broad SMARTS) is 2. The van der Waals surface area contributed by atoms with Crippen molar-refractivity contribution in [1.82, 2.24) is 0 Å². The minimum atomic E-state index is -0.948. The van der Waals surface area contributed by atoms with Crippen LogP contribution in [0.25, 0.3) is 0 Å². The van der Waals surface area contributed by atoms with Crippen LogP contribution in [0.5, 0.6) is 0 Å². The molecule has 0 aliphatic rings. The Kier molecular flexibility index (Phi) is 76.4. The van der Waals surface area contributed by atoms with Gasteiger partial charge < -0.3 is 29.3 Å². The van der Waals surface area contributed by atoms with Gasteiger partial charge in [-0.25, -0.2) is 0 Å². The maximum absolute atomic E-state index is 12.5. The Hall–Kier alpha value is -0.860. The predicted molar refractivity (Wildman–Crippen MR) is 344 cm³/mol. The topological polar surface area (TPSA) is 133 Å². The molecule has 0 heterocycles. The molecule has 0 radical (unpaired) electrons. The van der Waals surface area contributed by atoms with E-state index in [-0.39, 0.29) is 74.7 Å². The van der Waals surface area contributed by atoms with Gasteiger partial charge in [-0.2, -0.15) is 0 Å². The van der Waals surface area contributed by atoms with Crippen LogP contribution in [0.15, 0.2) is 0 Å². The summed E-state index contributed by atoms with van der Waals surface area (Å²) in [4.78, 5) is 46.2. The van der Waals surface area contributed by atoms with Crippen molar-refractivity contribution in [2.45, 2.75) is 438 Å². The number of carbonyl (C=O) groups is 4. The molecule has 0 amide bonds. The summed E-state index contributed by atoms with van der Waals surface area (Å²) in [5.74, 6) is -1.90. The van der Waals surface area contributed by atoms with Crippen molar-refractivity contribution < 1.29 is 38.9 Å². The molecule has 0 saturated heterocycles. The number of carboxylic acids is 2. The average molecular weight is 1170 g/mol. The van der Waals surface area contributed by atoms with Gasteiger partial charge in [0, 0.05) is 24.8 Å². The second-order valence-electron chi connectivity index (χ2n) is 24.8. The summed E-state index contributed by atoms with van der Waals surface area (Å²) in [6, 6.07) is 0. The zero-order valence-electron chi connectivity index (χ0n) is 55.0. The molecule has 0 aromatic heterocycles. The van der Waals surface area contributed by atoms with Crippen molar-refractivity contribution in [2.24, 2.45) is 0 Å². The molecule has 0 fully saturated rings. The van der Waals surface area contributed by atoms with Crippen molar-refractivity contribution in [3.63, 3.8) is 0 Å². The molecule has 2 atom stereocenters. The number of esters is 2. The van der Waals surface area contributed by atoms with Crippen LogP contribution in [-0.2, 0) is 28.7 Å². The third kappa shape index (κ3) is 75.2. The van der Waals surface area contributed by atoms with E-state index in [2.05, 4.69) is 27.7 Å². The summed E-state index contributed by atoms with van der Waals surface area (Å²) in [6.45, 7) is 9.06. The van der Waals surface area contributed by atoms with E-state index in [9.17, 15) is 29.4 Å². The minimum Gasteiger partial charge on any atom is -0.550 e. The monoisotopic (exact) mass is 1170 g/mol. The quantitative estimate of drug-likeness (QED) is 0.0334. The smallest absolute Gasteiger partial charge is 0.550 e. The molecule has 0 aliphatic heterocycles. The molecule has 0 aromatic carbocycles. The molecule has 0 spiro atoms.